The molecule has 0 saturated carbocycles. The lowest BCUT2D eigenvalue weighted by molar-refractivity contribution is -0.113. The molecule has 0 unspecified atom stereocenters. The third kappa shape index (κ3) is 2.92. The molecule has 1 heterocycles. The van der Waals surface area contributed by atoms with Crippen LogP contribution in [0.4, 0.5) is 0 Å². The largest absolute Gasteiger partial charge is 0.439 e. The summed E-state index contributed by atoms with van der Waals surface area (Å²) >= 11 is 0. The van der Waals surface area contributed by atoms with Crippen LogP contribution >= 0.6 is 0 Å². The van der Waals surface area contributed by atoms with Crippen molar-refractivity contribution in [3.8, 4) is 6.07 Å². The molecule has 1 aliphatic rings. The second kappa shape index (κ2) is 6.66. The molecule has 0 amide bonds. The quantitative estimate of drug-likeness (QED) is 0.928. The van der Waals surface area contributed by atoms with Gasteiger partial charge >= 0.3 is 0 Å². The van der Waals surface area contributed by atoms with Gasteiger partial charge in [0.25, 0.3) is 0 Å². The van der Waals surface area contributed by atoms with Crippen molar-refractivity contribution in [1.29, 1.82) is 5.26 Å². The Bertz CT molecular complexity index is 934. The molecule has 0 bridgehead atoms. The summed E-state index contributed by atoms with van der Waals surface area (Å²) in [6.07, 6.45) is 0. The van der Waals surface area contributed by atoms with Crippen LogP contribution in [-0.4, -0.2) is 5.78 Å². The fourth-order valence-electron chi connectivity index (χ4n) is 3.15. The van der Waals surface area contributed by atoms with Gasteiger partial charge in [0.05, 0.1) is 11.5 Å². The van der Waals surface area contributed by atoms with Gasteiger partial charge in [0.1, 0.15) is 17.4 Å². The summed E-state index contributed by atoms with van der Waals surface area (Å²) in [6, 6.07) is 19.2. The maximum Gasteiger partial charge on any atom is 0.205 e. The SMILES string of the molecule is CC(=O)C1=C(c2ccccc2)OC(N)=C(C#N)[C@H]1c1ccccc1C. The smallest absolute Gasteiger partial charge is 0.205 e. The number of allylic oxidation sites excluding steroid dienone is 2. The van der Waals surface area contributed by atoms with Crippen LogP contribution in [-0.2, 0) is 9.53 Å². The number of hydrogen-bond acceptors (Lipinski definition) is 4. The minimum absolute atomic E-state index is 0.0413. The van der Waals surface area contributed by atoms with Crippen LogP contribution in [0.25, 0.3) is 5.76 Å². The van der Waals surface area contributed by atoms with Gasteiger partial charge in [0, 0.05) is 5.56 Å². The number of nitrogens with two attached hydrogens (primary N) is 1. The summed E-state index contributed by atoms with van der Waals surface area (Å²) in [4.78, 5) is 12.5. The van der Waals surface area contributed by atoms with Crippen molar-refractivity contribution in [2.75, 3.05) is 0 Å². The van der Waals surface area contributed by atoms with E-state index in [1.165, 1.54) is 6.92 Å². The minimum atomic E-state index is -0.535. The normalized spacial score (nSPS) is 17.1. The number of ether oxygens (including phenoxy) is 1. The molecule has 1 aliphatic heterocycles. The van der Waals surface area contributed by atoms with E-state index in [9.17, 15) is 10.1 Å². The Hall–Kier alpha value is -3.32. The Morgan fingerprint density at radius 3 is 2.36 bits per heavy atom. The van der Waals surface area contributed by atoms with Gasteiger partial charge < -0.3 is 10.5 Å². The molecular formula is C21H18N2O2. The second-order valence-corrected chi connectivity index (χ2v) is 5.95. The van der Waals surface area contributed by atoms with E-state index in [1.54, 1.807) is 0 Å². The number of carbonyl (C=O) groups excluding carboxylic acids is 1. The Morgan fingerprint density at radius 2 is 1.76 bits per heavy atom. The van der Waals surface area contributed by atoms with Gasteiger partial charge in [-0.2, -0.15) is 5.26 Å². The molecule has 2 N–H and O–H groups in total. The average Bonchev–Trinajstić information content (AvgIpc) is 2.61. The molecule has 124 valence electrons. The molecule has 25 heavy (non-hydrogen) atoms. The van der Waals surface area contributed by atoms with E-state index in [0.29, 0.717) is 11.3 Å². The standard InChI is InChI=1S/C21H18N2O2/c1-13-8-6-7-11-16(13)19-17(12-22)21(23)25-20(18(19)14(2)24)15-9-4-3-5-10-15/h3-11,19H,23H2,1-2H3/t19-/m1/s1. The van der Waals surface area contributed by atoms with Crippen molar-refractivity contribution in [2.45, 2.75) is 19.8 Å². The van der Waals surface area contributed by atoms with Gasteiger partial charge in [-0.1, -0.05) is 54.6 Å². The molecule has 0 aliphatic carbocycles. The number of nitrogens with zero attached hydrogens (tertiary/aromatic N) is 1. The van der Waals surface area contributed by atoms with Crippen molar-refractivity contribution in [1.82, 2.24) is 0 Å². The third-order valence-electron chi connectivity index (χ3n) is 4.33. The van der Waals surface area contributed by atoms with E-state index in [2.05, 4.69) is 6.07 Å². The molecular weight excluding hydrogens is 312 g/mol. The fraction of sp³-hybridized carbons (Fsp3) is 0.143. The lowest BCUT2D eigenvalue weighted by atomic mass is 9.79. The first-order valence-electron chi connectivity index (χ1n) is 7.98. The molecule has 4 nitrogen and oxygen atoms in total. The van der Waals surface area contributed by atoms with E-state index < -0.39 is 5.92 Å². The van der Waals surface area contributed by atoms with Crippen molar-refractivity contribution in [2.24, 2.45) is 5.73 Å². The van der Waals surface area contributed by atoms with Gasteiger partial charge in [-0.05, 0) is 25.0 Å². The molecule has 0 spiro atoms. The van der Waals surface area contributed by atoms with Gasteiger partial charge in [-0.15, -0.1) is 0 Å². The van der Waals surface area contributed by atoms with E-state index in [4.69, 9.17) is 10.5 Å². The number of ketones is 1. The van der Waals surface area contributed by atoms with E-state index >= 15 is 0 Å². The maximum absolute atomic E-state index is 12.5. The first-order valence-corrected chi connectivity index (χ1v) is 7.98. The Balaban J connectivity index is 2.31. The minimum Gasteiger partial charge on any atom is -0.439 e. The number of aryl methyl sites for hydroxylation is 1. The predicted molar refractivity (Wildman–Crippen MR) is 95.9 cm³/mol. The zero-order chi connectivity index (χ0) is 18.0. The molecule has 0 saturated heterocycles. The van der Waals surface area contributed by atoms with E-state index in [0.717, 1.165) is 16.7 Å². The predicted octanol–water partition coefficient (Wildman–Crippen LogP) is 3.80. The lowest BCUT2D eigenvalue weighted by Crippen LogP contribution is -2.24. The average molecular weight is 330 g/mol. The summed E-state index contributed by atoms with van der Waals surface area (Å²) in [6.45, 7) is 3.44. The molecule has 0 aromatic heterocycles. The van der Waals surface area contributed by atoms with Crippen molar-refractivity contribution in [3.63, 3.8) is 0 Å². The number of hydrogen-bond donors (Lipinski definition) is 1. The second-order valence-electron chi connectivity index (χ2n) is 5.95. The molecule has 3 rings (SSSR count). The van der Waals surface area contributed by atoms with E-state index in [-0.39, 0.29) is 17.2 Å². The number of Topliss-reactive ketones (excluding diaryl/α,β-unsaturated/α-hetero) is 1. The topological polar surface area (TPSA) is 76.1 Å². The molecule has 0 radical (unpaired) electrons. The number of carbonyl (C=O) groups is 1. The summed E-state index contributed by atoms with van der Waals surface area (Å²) in [7, 11) is 0. The number of nitriles is 1. The van der Waals surface area contributed by atoms with E-state index in [1.807, 2.05) is 61.5 Å². The van der Waals surface area contributed by atoms with Gasteiger partial charge in [0.2, 0.25) is 5.88 Å². The Morgan fingerprint density at radius 1 is 1.12 bits per heavy atom. The fourth-order valence-corrected chi connectivity index (χ4v) is 3.15. The Kier molecular flexibility index (Phi) is 4.40. The van der Waals surface area contributed by atoms with Crippen LogP contribution in [0.3, 0.4) is 0 Å². The van der Waals surface area contributed by atoms with Crippen molar-refractivity contribution < 1.29 is 9.53 Å². The highest BCUT2D eigenvalue weighted by atomic mass is 16.5. The summed E-state index contributed by atoms with van der Waals surface area (Å²) < 4.78 is 5.74. The highest BCUT2D eigenvalue weighted by Crippen LogP contribution is 2.43. The summed E-state index contributed by atoms with van der Waals surface area (Å²) in [5.74, 6) is -0.225. The van der Waals surface area contributed by atoms with Gasteiger partial charge in [-0.3, -0.25) is 4.79 Å². The monoisotopic (exact) mass is 330 g/mol. The lowest BCUT2D eigenvalue weighted by Gasteiger charge is -2.29. The molecule has 0 fully saturated rings. The summed E-state index contributed by atoms with van der Waals surface area (Å²) in [5, 5.41) is 9.64. The third-order valence-corrected chi connectivity index (χ3v) is 4.33. The van der Waals surface area contributed by atoms with Crippen molar-refractivity contribution >= 4 is 11.5 Å². The maximum atomic E-state index is 12.5. The number of rotatable bonds is 3. The van der Waals surface area contributed by atoms with Gasteiger partial charge in [-0.25, -0.2) is 0 Å². The molecule has 4 heteroatoms. The zero-order valence-corrected chi connectivity index (χ0v) is 14.1. The van der Waals surface area contributed by atoms with Crippen LogP contribution in [0.1, 0.15) is 29.5 Å². The van der Waals surface area contributed by atoms with Gasteiger partial charge in [0.15, 0.2) is 5.78 Å². The zero-order valence-electron chi connectivity index (χ0n) is 14.1. The van der Waals surface area contributed by atoms with Crippen LogP contribution < -0.4 is 5.73 Å². The number of benzene rings is 2. The van der Waals surface area contributed by atoms with Crippen LogP contribution in [0.15, 0.2) is 71.6 Å². The first-order chi connectivity index (χ1) is 12.0. The molecule has 2 aromatic rings. The molecule has 2 aromatic carbocycles. The van der Waals surface area contributed by atoms with Crippen LogP contribution in [0.2, 0.25) is 0 Å². The van der Waals surface area contributed by atoms with Crippen LogP contribution in [0.5, 0.6) is 0 Å². The van der Waals surface area contributed by atoms with Crippen LogP contribution in [0, 0.1) is 18.3 Å². The molecule has 1 atom stereocenters. The highest BCUT2D eigenvalue weighted by Gasteiger charge is 2.36. The summed E-state index contributed by atoms with van der Waals surface area (Å²) in [5.41, 5.74) is 9.38. The first kappa shape index (κ1) is 16.5. The van der Waals surface area contributed by atoms with Crippen molar-refractivity contribution in [3.05, 3.63) is 88.3 Å². The Labute approximate surface area is 146 Å². The highest BCUT2D eigenvalue weighted by molar-refractivity contribution is 6.03.